The molecule has 0 spiro atoms. The van der Waals surface area contributed by atoms with Crippen LogP contribution in [-0.4, -0.2) is 17.6 Å². The van der Waals surface area contributed by atoms with E-state index in [-0.39, 0.29) is 29.9 Å². The first-order valence-corrected chi connectivity index (χ1v) is 9.61. The fourth-order valence-electron chi connectivity index (χ4n) is 4.33. The average molecular weight is 391 g/mol. The van der Waals surface area contributed by atoms with Gasteiger partial charge in [0.2, 0.25) is 0 Å². The van der Waals surface area contributed by atoms with Crippen LogP contribution >= 0.6 is 0 Å². The van der Waals surface area contributed by atoms with Gasteiger partial charge in [-0.2, -0.15) is 0 Å². The molecule has 0 unspecified atom stereocenters. The van der Waals surface area contributed by atoms with Crippen molar-refractivity contribution in [1.29, 1.82) is 0 Å². The van der Waals surface area contributed by atoms with Crippen molar-refractivity contribution < 1.29 is 27.2 Å². The molecule has 0 N–H and O–H groups in total. The summed E-state index contributed by atoms with van der Waals surface area (Å²) in [5.41, 5.74) is 1.38. The maximum Gasteiger partial charge on any atom is 0.573 e. The normalized spacial score (nSPS) is 26.2. The van der Waals surface area contributed by atoms with E-state index in [1.165, 1.54) is 12.1 Å². The van der Waals surface area contributed by atoms with E-state index in [1.807, 2.05) is 0 Å². The fourth-order valence-corrected chi connectivity index (χ4v) is 4.33. The molecule has 0 saturated heterocycles. The third-order valence-corrected chi connectivity index (χ3v) is 5.79. The number of hydrogen-bond donors (Lipinski definition) is 0. The zero-order valence-corrected chi connectivity index (χ0v) is 15.1. The molecule has 1 heterocycles. The van der Waals surface area contributed by atoms with E-state index in [2.05, 4.69) is 22.0 Å². The topological polar surface area (TPSA) is 44.5 Å². The van der Waals surface area contributed by atoms with Gasteiger partial charge >= 0.3 is 6.36 Å². The molecule has 1 aromatic heterocycles. The summed E-state index contributed by atoms with van der Waals surface area (Å²) >= 11 is 0. The lowest BCUT2D eigenvalue weighted by molar-refractivity contribution is -0.274. The Morgan fingerprint density at radius 3 is 2.61 bits per heavy atom. The number of allylic oxidation sites excluding steroid dienone is 1. The molecule has 2 bridgehead atoms. The lowest BCUT2D eigenvalue weighted by Gasteiger charge is -2.19. The smallest absolute Gasteiger partial charge is 0.405 e. The van der Waals surface area contributed by atoms with Crippen molar-refractivity contribution in [3.63, 3.8) is 0 Å². The second-order valence-corrected chi connectivity index (χ2v) is 7.82. The number of aromatic nitrogens is 1. The van der Waals surface area contributed by atoms with Gasteiger partial charge in [-0.05, 0) is 43.7 Å². The van der Waals surface area contributed by atoms with E-state index in [9.17, 15) is 13.2 Å². The van der Waals surface area contributed by atoms with Crippen LogP contribution in [0.4, 0.5) is 13.2 Å². The fraction of sp³-hybridized carbons (Fsp3) is 0.476. The highest BCUT2D eigenvalue weighted by molar-refractivity contribution is 5.70. The standard InChI is InChI=1S/C21H20F3NO3/c22-21(23,24)27-17-4-2-1-3-15(17)19-16(20(28-25-19)13-7-8-13)11-26-18-10-12-5-6-14(18)9-12/h1-6,12-14,18H,7-11H2/t12-,14+,18-/m0/s1. The zero-order valence-electron chi connectivity index (χ0n) is 15.1. The molecular weight excluding hydrogens is 371 g/mol. The largest absolute Gasteiger partial charge is 0.573 e. The number of hydrogen-bond acceptors (Lipinski definition) is 4. The summed E-state index contributed by atoms with van der Waals surface area (Å²) in [5.74, 6) is 1.74. The van der Waals surface area contributed by atoms with Crippen LogP contribution in [0.1, 0.15) is 42.9 Å². The lowest BCUT2D eigenvalue weighted by atomic mass is 10.0. The third kappa shape index (κ3) is 3.43. The number of nitrogens with zero attached hydrogens (tertiary/aromatic N) is 1. The molecule has 2 fully saturated rings. The monoisotopic (exact) mass is 391 g/mol. The van der Waals surface area contributed by atoms with Gasteiger partial charge in [0, 0.05) is 23.0 Å². The Bertz CT molecular complexity index is 901. The van der Waals surface area contributed by atoms with Gasteiger partial charge in [0.05, 0.1) is 12.7 Å². The highest BCUT2D eigenvalue weighted by atomic mass is 19.4. The third-order valence-electron chi connectivity index (χ3n) is 5.79. The highest BCUT2D eigenvalue weighted by Crippen LogP contribution is 2.46. The van der Waals surface area contributed by atoms with Crippen LogP contribution in [0.2, 0.25) is 0 Å². The molecule has 0 amide bonds. The van der Waals surface area contributed by atoms with E-state index >= 15 is 0 Å². The SMILES string of the molecule is FC(F)(F)Oc1ccccc1-c1noc(C2CC2)c1CO[C@H]1C[C@H]2C=C[C@@H]1C2. The van der Waals surface area contributed by atoms with Crippen molar-refractivity contribution in [3.8, 4) is 17.0 Å². The minimum absolute atomic E-state index is 0.145. The molecule has 2 saturated carbocycles. The zero-order chi connectivity index (χ0) is 19.3. The summed E-state index contributed by atoms with van der Waals surface area (Å²) < 4.78 is 54.4. The van der Waals surface area contributed by atoms with E-state index in [4.69, 9.17) is 9.26 Å². The van der Waals surface area contributed by atoms with Gasteiger partial charge in [0.1, 0.15) is 17.2 Å². The number of ether oxygens (including phenoxy) is 2. The van der Waals surface area contributed by atoms with Crippen LogP contribution in [0, 0.1) is 11.8 Å². The molecule has 3 atom stereocenters. The second kappa shape index (κ2) is 6.65. The summed E-state index contributed by atoms with van der Waals surface area (Å²) in [5, 5.41) is 4.12. The van der Waals surface area contributed by atoms with Crippen molar-refractivity contribution in [1.82, 2.24) is 5.16 Å². The van der Waals surface area contributed by atoms with Crippen molar-refractivity contribution in [2.45, 2.75) is 50.7 Å². The Kier molecular flexibility index (Phi) is 4.23. The molecule has 148 valence electrons. The van der Waals surface area contributed by atoms with Gasteiger partial charge in [-0.1, -0.05) is 29.4 Å². The number of para-hydroxylation sites is 1. The van der Waals surface area contributed by atoms with Gasteiger partial charge in [-0.25, -0.2) is 0 Å². The summed E-state index contributed by atoms with van der Waals surface area (Å²) in [6.07, 6.45) is 3.94. The van der Waals surface area contributed by atoms with Gasteiger partial charge in [-0.15, -0.1) is 13.2 Å². The lowest BCUT2D eigenvalue weighted by Crippen LogP contribution is -2.18. The molecular formula is C21H20F3NO3. The van der Waals surface area contributed by atoms with Gasteiger partial charge < -0.3 is 14.0 Å². The molecule has 0 aliphatic heterocycles. The number of fused-ring (bicyclic) bond motifs is 2. The van der Waals surface area contributed by atoms with Crippen molar-refractivity contribution in [2.75, 3.05) is 0 Å². The summed E-state index contributed by atoms with van der Waals surface area (Å²) in [6.45, 7) is 0.284. The van der Waals surface area contributed by atoms with Crippen LogP contribution in [0.3, 0.4) is 0 Å². The Balaban J connectivity index is 1.45. The maximum atomic E-state index is 12.8. The Morgan fingerprint density at radius 2 is 1.93 bits per heavy atom. The molecule has 2 aromatic rings. The minimum atomic E-state index is -4.77. The number of alkyl halides is 3. The maximum absolute atomic E-state index is 12.8. The first kappa shape index (κ1) is 17.8. The predicted molar refractivity (Wildman–Crippen MR) is 94.5 cm³/mol. The molecule has 4 nitrogen and oxygen atoms in total. The first-order chi connectivity index (χ1) is 13.5. The quantitative estimate of drug-likeness (QED) is 0.602. The molecule has 3 aliphatic carbocycles. The molecule has 7 heteroatoms. The number of rotatable bonds is 6. The van der Waals surface area contributed by atoms with Crippen LogP contribution in [0.5, 0.6) is 5.75 Å². The minimum Gasteiger partial charge on any atom is -0.405 e. The highest BCUT2D eigenvalue weighted by Gasteiger charge is 2.38. The van der Waals surface area contributed by atoms with Crippen LogP contribution in [0.15, 0.2) is 40.9 Å². The predicted octanol–water partition coefficient (Wildman–Crippen LogP) is 5.60. The number of halogens is 3. The van der Waals surface area contributed by atoms with Crippen molar-refractivity contribution in [2.24, 2.45) is 11.8 Å². The Hall–Kier alpha value is -2.28. The van der Waals surface area contributed by atoms with Crippen molar-refractivity contribution in [3.05, 3.63) is 47.7 Å². The molecule has 28 heavy (non-hydrogen) atoms. The van der Waals surface area contributed by atoms with Crippen LogP contribution in [0.25, 0.3) is 11.3 Å². The summed E-state index contributed by atoms with van der Waals surface area (Å²) in [7, 11) is 0. The molecule has 1 aromatic carbocycles. The van der Waals surface area contributed by atoms with E-state index in [0.29, 0.717) is 17.5 Å². The van der Waals surface area contributed by atoms with Crippen molar-refractivity contribution >= 4 is 0 Å². The number of benzene rings is 1. The Labute approximate surface area is 160 Å². The van der Waals surface area contributed by atoms with E-state index < -0.39 is 6.36 Å². The second-order valence-electron chi connectivity index (χ2n) is 7.82. The van der Waals surface area contributed by atoms with Gasteiger partial charge in [0.15, 0.2) is 0 Å². The average Bonchev–Trinajstić information content (AvgIpc) is 3.09. The van der Waals surface area contributed by atoms with Crippen LogP contribution < -0.4 is 4.74 Å². The molecule has 3 aliphatic rings. The Morgan fingerprint density at radius 1 is 1.11 bits per heavy atom. The molecule has 0 radical (unpaired) electrons. The van der Waals surface area contributed by atoms with Gasteiger partial charge in [-0.3, -0.25) is 0 Å². The van der Waals surface area contributed by atoms with Crippen LogP contribution in [-0.2, 0) is 11.3 Å². The molecule has 5 rings (SSSR count). The summed E-state index contributed by atoms with van der Waals surface area (Å²) in [6, 6.07) is 6.03. The van der Waals surface area contributed by atoms with Gasteiger partial charge in [0.25, 0.3) is 0 Å². The summed E-state index contributed by atoms with van der Waals surface area (Å²) in [4.78, 5) is 0. The van der Waals surface area contributed by atoms with E-state index in [0.717, 1.165) is 37.0 Å². The first-order valence-electron chi connectivity index (χ1n) is 9.61. The van der Waals surface area contributed by atoms with E-state index in [1.54, 1.807) is 12.1 Å².